The zero-order valence-electron chi connectivity index (χ0n) is 14.1. The number of hydrogen-bond acceptors (Lipinski definition) is 1. The van der Waals surface area contributed by atoms with E-state index in [2.05, 4.69) is 94.1 Å². The maximum Gasteiger partial charge on any atom is 0.0671 e. The third-order valence-electron chi connectivity index (χ3n) is 4.79. The van der Waals surface area contributed by atoms with Gasteiger partial charge in [0.25, 0.3) is 0 Å². The van der Waals surface area contributed by atoms with Gasteiger partial charge in [0.2, 0.25) is 0 Å². The van der Waals surface area contributed by atoms with Crippen molar-refractivity contribution in [2.75, 3.05) is 13.6 Å². The summed E-state index contributed by atoms with van der Waals surface area (Å²) in [6, 6.07) is 15.0. The van der Waals surface area contributed by atoms with Crippen LogP contribution in [0.2, 0.25) is 0 Å². The fourth-order valence-electron chi connectivity index (χ4n) is 3.63. The van der Waals surface area contributed by atoms with E-state index in [4.69, 9.17) is 0 Å². The Morgan fingerprint density at radius 3 is 2.71 bits per heavy atom. The van der Waals surface area contributed by atoms with E-state index in [1.165, 1.54) is 37.8 Å². The topological polar surface area (TPSA) is 8.17 Å². The molecular weight excluding hydrogens is 360 g/mol. The summed E-state index contributed by atoms with van der Waals surface area (Å²) < 4.78 is 3.56. The van der Waals surface area contributed by atoms with Crippen molar-refractivity contribution >= 4 is 39.1 Å². The minimum absolute atomic E-state index is 1.02. The van der Waals surface area contributed by atoms with Gasteiger partial charge in [-0.3, -0.25) is 0 Å². The zero-order chi connectivity index (χ0) is 16.7. The molecular formula is C21H21BrN2. The Balaban J connectivity index is 1.93. The second-order valence-corrected chi connectivity index (χ2v) is 7.51. The smallest absolute Gasteiger partial charge is 0.0671 e. The Kier molecular flexibility index (Phi) is 4.07. The van der Waals surface area contributed by atoms with Crippen LogP contribution in [0.25, 0.3) is 23.2 Å². The van der Waals surface area contributed by atoms with Crippen molar-refractivity contribution in [1.29, 1.82) is 0 Å². The maximum atomic E-state index is 3.80. The van der Waals surface area contributed by atoms with E-state index < -0.39 is 0 Å². The van der Waals surface area contributed by atoms with E-state index in [-0.39, 0.29) is 0 Å². The monoisotopic (exact) mass is 380 g/mol. The molecule has 2 nitrogen and oxygen atoms in total. The Labute approximate surface area is 151 Å². The van der Waals surface area contributed by atoms with E-state index in [9.17, 15) is 0 Å². The third kappa shape index (κ3) is 2.72. The summed E-state index contributed by atoms with van der Waals surface area (Å²) in [6.45, 7) is 4.30. The number of likely N-dealkylation sites (N-methyl/N-ethyl adjacent to an activating group) is 1. The highest BCUT2D eigenvalue weighted by Gasteiger charge is 2.22. The predicted molar refractivity (Wildman–Crippen MR) is 106 cm³/mol. The normalized spacial score (nSPS) is 15.3. The summed E-state index contributed by atoms with van der Waals surface area (Å²) in [4.78, 5) is 2.41. The first-order valence-corrected chi connectivity index (χ1v) is 9.16. The molecule has 0 amide bonds. The van der Waals surface area contributed by atoms with Crippen molar-refractivity contribution in [2.24, 2.45) is 0 Å². The standard InChI is InChI=1S/C21H21BrN2/c1-15-12-17-18-14-23(2)10-9-20(18)24(21(17)19(22)13-15)11-8-16-6-4-3-5-7-16/h3-8,11-13H,9-10,14H2,1-2H3. The molecule has 24 heavy (non-hydrogen) atoms. The summed E-state index contributed by atoms with van der Waals surface area (Å²) in [5.41, 5.74) is 6.73. The molecule has 0 radical (unpaired) electrons. The van der Waals surface area contributed by atoms with Crippen molar-refractivity contribution in [3.63, 3.8) is 0 Å². The zero-order valence-corrected chi connectivity index (χ0v) is 15.7. The van der Waals surface area contributed by atoms with E-state index in [0.29, 0.717) is 0 Å². The molecule has 0 saturated heterocycles. The lowest BCUT2D eigenvalue weighted by Gasteiger charge is -2.23. The molecule has 1 aliphatic rings. The van der Waals surface area contributed by atoms with Crippen LogP contribution in [0.1, 0.15) is 22.4 Å². The number of aryl methyl sites for hydroxylation is 1. The summed E-state index contributed by atoms with van der Waals surface area (Å²) in [5, 5.41) is 1.38. The quantitative estimate of drug-likeness (QED) is 0.583. The highest BCUT2D eigenvalue weighted by Crippen LogP contribution is 2.36. The van der Waals surface area contributed by atoms with Gasteiger partial charge in [-0.25, -0.2) is 0 Å². The second kappa shape index (κ2) is 6.23. The molecule has 4 rings (SSSR count). The van der Waals surface area contributed by atoms with Gasteiger partial charge in [0, 0.05) is 41.3 Å². The van der Waals surface area contributed by atoms with Gasteiger partial charge in [-0.15, -0.1) is 0 Å². The van der Waals surface area contributed by atoms with E-state index in [1.54, 1.807) is 0 Å². The molecule has 0 atom stereocenters. The van der Waals surface area contributed by atoms with Crippen LogP contribution in [0, 0.1) is 6.92 Å². The van der Waals surface area contributed by atoms with Crippen LogP contribution in [-0.2, 0) is 13.0 Å². The largest absolute Gasteiger partial charge is 0.319 e. The van der Waals surface area contributed by atoms with Gasteiger partial charge in [0.15, 0.2) is 0 Å². The van der Waals surface area contributed by atoms with Gasteiger partial charge in [-0.05, 0) is 64.8 Å². The lowest BCUT2D eigenvalue weighted by atomic mass is 10.0. The number of nitrogens with zero attached hydrogens (tertiary/aromatic N) is 2. The molecule has 0 spiro atoms. The Morgan fingerprint density at radius 1 is 1.12 bits per heavy atom. The molecule has 3 heteroatoms. The number of rotatable bonds is 2. The molecule has 0 fully saturated rings. The van der Waals surface area contributed by atoms with Gasteiger partial charge in [-0.1, -0.05) is 30.3 Å². The van der Waals surface area contributed by atoms with Crippen molar-refractivity contribution in [1.82, 2.24) is 9.47 Å². The molecule has 122 valence electrons. The first-order chi connectivity index (χ1) is 11.6. The molecule has 2 heterocycles. The molecule has 3 aromatic rings. The molecule has 0 aliphatic carbocycles. The van der Waals surface area contributed by atoms with Gasteiger partial charge in [0.05, 0.1) is 5.52 Å². The average Bonchev–Trinajstić information content (AvgIpc) is 2.87. The number of aromatic nitrogens is 1. The summed E-state index contributed by atoms with van der Waals surface area (Å²) in [5.74, 6) is 0. The second-order valence-electron chi connectivity index (χ2n) is 6.65. The summed E-state index contributed by atoms with van der Waals surface area (Å²) in [6.07, 6.45) is 5.51. The Morgan fingerprint density at radius 2 is 1.92 bits per heavy atom. The van der Waals surface area contributed by atoms with Gasteiger partial charge in [0.1, 0.15) is 0 Å². The Bertz CT molecular complexity index is 922. The predicted octanol–water partition coefficient (Wildman–Crippen LogP) is 5.33. The van der Waals surface area contributed by atoms with Gasteiger partial charge in [-0.2, -0.15) is 0 Å². The summed E-state index contributed by atoms with van der Waals surface area (Å²) >= 11 is 3.80. The first kappa shape index (κ1) is 15.7. The fraction of sp³-hybridized carbons (Fsp3) is 0.238. The Hall–Kier alpha value is -1.84. The molecule has 1 aliphatic heterocycles. The summed E-state index contributed by atoms with van der Waals surface area (Å²) in [7, 11) is 2.21. The number of benzene rings is 2. The lowest BCUT2D eigenvalue weighted by Crippen LogP contribution is -2.26. The van der Waals surface area contributed by atoms with Crippen molar-refractivity contribution in [3.05, 3.63) is 69.3 Å². The molecule has 0 N–H and O–H groups in total. The van der Waals surface area contributed by atoms with Crippen LogP contribution in [0.3, 0.4) is 0 Å². The highest BCUT2D eigenvalue weighted by atomic mass is 79.9. The number of hydrogen-bond donors (Lipinski definition) is 0. The van der Waals surface area contributed by atoms with E-state index >= 15 is 0 Å². The molecule has 0 saturated carbocycles. The number of halogens is 1. The van der Waals surface area contributed by atoms with Crippen LogP contribution in [0.4, 0.5) is 0 Å². The van der Waals surface area contributed by atoms with Crippen LogP contribution < -0.4 is 0 Å². The van der Waals surface area contributed by atoms with Crippen LogP contribution >= 0.6 is 15.9 Å². The van der Waals surface area contributed by atoms with E-state index in [0.717, 1.165) is 19.5 Å². The minimum Gasteiger partial charge on any atom is -0.319 e. The van der Waals surface area contributed by atoms with Crippen molar-refractivity contribution < 1.29 is 0 Å². The van der Waals surface area contributed by atoms with Crippen LogP contribution in [0.5, 0.6) is 0 Å². The van der Waals surface area contributed by atoms with Crippen molar-refractivity contribution in [3.8, 4) is 0 Å². The van der Waals surface area contributed by atoms with Crippen molar-refractivity contribution in [2.45, 2.75) is 19.9 Å². The SMILES string of the molecule is Cc1cc(Br)c2c(c1)c1c(n2C=Cc2ccccc2)CCN(C)C1. The molecule has 2 aromatic carbocycles. The first-order valence-electron chi connectivity index (χ1n) is 8.37. The average molecular weight is 381 g/mol. The minimum atomic E-state index is 1.02. The van der Waals surface area contributed by atoms with Crippen LogP contribution in [-0.4, -0.2) is 23.1 Å². The molecule has 1 aromatic heterocycles. The van der Waals surface area contributed by atoms with Gasteiger partial charge >= 0.3 is 0 Å². The lowest BCUT2D eigenvalue weighted by molar-refractivity contribution is 0.312. The fourth-order valence-corrected chi connectivity index (χ4v) is 4.39. The molecule has 0 unspecified atom stereocenters. The maximum absolute atomic E-state index is 3.80. The third-order valence-corrected chi connectivity index (χ3v) is 5.39. The van der Waals surface area contributed by atoms with Gasteiger partial charge < -0.3 is 9.47 Å². The van der Waals surface area contributed by atoms with Crippen LogP contribution in [0.15, 0.2) is 46.9 Å². The molecule has 0 bridgehead atoms. The highest BCUT2D eigenvalue weighted by molar-refractivity contribution is 9.10. The van der Waals surface area contributed by atoms with E-state index in [1.807, 2.05) is 0 Å². The number of fused-ring (bicyclic) bond motifs is 3.